The van der Waals surface area contributed by atoms with E-state index in [2.05, 4.69) is 27.5 Å². The van der Waals surface area contributed by atoms with Crippen LogP contribution in [0.15, 0.2) is 48.4 Å². The molecule has 1 amide bonds. The number of fused-ring (bicyclic) bond motifs is 2. The van der Waals surface area contributed by atoms with Gasteiger partial charge in [0.25, 0.3) is 0 Å². The fourth-order valence-electron chi connectivity index (χ4n) is 6.02. The van der Waals surface area contributed by atoms with Gasteiger partial charge in [0.1, 0.15) is 23.8 Å². The third-order valence-corrected chi connectivity index (χ3v) is 9.13. The highest BCUT2D eigenvalue weighted by molar-refractivity contribution is 7.17. The number of carbonyl (C=O) groups is 1. The van der Waals surface area contributed by atoms with Crippen LogP contribution in [0.2, 0.25) is 0 Å². The number of thiophene rings is 1. The molecule has 2 fully saturated rings. The summed E-state index contributed by atoms with van der Waals surface area (Å²) in [5.41, 5.74) is 0.257. The normalized spacial score (nSPS) is 19.4. The largest absolute Gasteiger partial charge is 0.462 e. The van der Waals surface area contributed by atoms with Crippen molar-refractivity contribution in [3.8, 4) is 23.2 Å². The van der Waals surface area contributed by atoms with E-state index in [1.165, 1.54) is 23.5 Å². The van der Waals surface area contributed by atoms with Gasteiger partial charge in [-0.1, -0.05) is 18.7 Å². The van der Waals surface area contributed by atoms with Crippen molar-refractivity contribution < 1.29 is 18.3 Å². The minimum Gasteiger partial charge on any atom is -0.462 e. The Morgan fingerprint density at radius 3 is 2.83 bits per heavy atom. The number of rotatable bonds is 7. The second kappa shape index (κ2) is 11.6. The summed E-state index contributed by atoms with van der Waals surface area (Å²) in [6, 6.07) is 10.4. The number of likely N-dealkylation sites (tertiary alicyclic amines) is 1. The van der Waals surface area contributed by atoms with E-state index in [1.807, 2.05) is 29.5 Å². The predicted molar refractivity (Wildman–Crippen MR) is 160 cm³/mol. The summed E-state index contributed by atoms with van der Waals surface area (Å²) in [7, 11) is 2.03. The molecule has 11 heteroatoms. The predicted octanol–water partition coefficient (Wildman–Crippen LogP) is 5.38. The summed E-state index contributed by atoms with van der Waals surface area (Å²) in [4.78, 5) is 27.3. The average Bonchev–Trinajstić information content (AvgIpc) is 3.65. The molecule has 2 atom stereocenters. The number of halogens is 2. The Morgan fingerprint density at radius 2 is 2.07 bits per heavy atom. The Morgan fingerprint density at radius 1 is 1.21 bits per heavy atom. The van der Waals surface area contributed by atoms with E-state index < -0.39 is 17.7 Å². The van der Waals surface area contributed by atoms with Gasteiger partial charge >= 0.3 is 6.01 Å². The maximum Gasteiger partial charge on any atom is 0.319 e. The zero-order valence-corrected chi connectivity index (χ0v) is 24.0. The van der Waals surface area contributed by atoms with Gasteiger partial charge in [-0.2, -0.15) is 15.2 Å². The maximum atomic E-state index is 16.5. The lowest BCUT2D eigenvalue weighted by atomic mass is 9.99. The van der Waals surface area contributed by atoms with Crippen molar-refractivity contribution in [2.45, 2.75) is 31.3 Å². The number of piperazine rings is 1. The van der Waals surface area contributed by atoms with Crippen LogP contribution in [-0.2, 0) is 4.79 Å². The molecule has 0 N–H and O–H groups in total. The van der Waals surface area contributed by atoms with E-state index >= 15 is 8.78 Å². The third kappa shape index (κ3) is 5.05. The molecular weight excluding hydrogens is 558 g/mol. The van der Waals surface area contributed by atoms with Crippen molar-refractivity contribution in [2.24, 2.45) is 0 Å². The Labute approximate surface area is 246 Å². The number of nitrogens with zero attached hydrogens (tertiary/aromatic N) is 6. The molecule has 2 aliphatic heterocycles. The summed E-state index contributed by atoms with van der Waals surface area (Å²) in [6.45, 7) is 5.78. The van der Waals surface area contributed by atoms with Gasteiger partial charge in [-0.25, -0.2) is 8.78 Å². The molecule has 2 saturated heterocycles. The lowest BCUT2D eigenvalue weighted by Gasteiger charge is -2.41. The summed E-state index contributed by atoms with van der Waals surface area (Å²) in [5, 5.41) is 12.3. The fourth-order valence-corrected chi connectivity index (χ4v) is 6.83. The number of nitriles is 1. The van der Waals surface area contributed by atoms with E-state index in [9.17, 15) is 10.1 Å². The molecule has 2 aromatic carbocycles. The van der Waals surface area contributed by atoms with Gasteiger partial charge in [-0.3, -0.25) is 4.79 Å². The van der Waals surface area contributed by atoms with Crippen LogP contribution in [0.25, 0.3) is 32.1 Å². The average molecular weight is 589 g/mol. The van der Waals surface area contributed by atoms with Gasteiger partial charge in [0.05, 0.1) is 24.1 Å². The molecule has 0 spiro atoms. The van der Waals surface area contributed by atoms with E-state index in [-0.39, 0.29) is 47.4 Å². The van der Waals surface area contributed by atoms with E-state index in [1.54, 1.807) is 17.0 Å². The number of aromatic nitrogens is 2. The molecule has 42 heavy (non-hydrogen) atoms. The smallest absolute Gasteiger partial charge is 0.319 e. The van der Waals surface area contributed by atoms with Crippen LogP contribution in [0.4, 0.5) is 14.6 Å². The molecule has 0 unspecified atom stereocenters. The van der Waals surface area contributed by atoms with Crippen LogP contribution in [0.5, 0.6) is 6.01 Å². The van der Waals surface area contributed by atoms with Crippen LogP contribution < -0.4 is 9.64 Å². The van der Waals surface area contributed by atoms with E-state index in [0.29, 0.717) is 31.1 Å². The quantitative estimate of drug-likeness (QED) is 0.268. The Bertz CT molecular complexity index is 1720. The fraction of sp³-hybridized carbons (Fsp3) is 0.355. The second-order valence-corrected chi connectivity index (χ2v) is 11.6. The highest BCUT2D eigenvalue weighted by Gasteiger charge is 2.32. The van der Waals surface area contributed by atoms with Crippen molar-refractivity contribution in [3.05, 3.63) is 60.0 Å². The van der Waals surface area contributed by atoms with Gasteiger partial charge in [0.2, 0.25) is 5.91 Å². The zero-order valence-electron chi connectivity index (χ0n) is 23.2. The monoisotopic (exact) mass is 588 g/mol. The molecule has 6 rings (SSSR count). The first-order chi connectivity index (χ1) is 20.4. The molecule has 0 aliphatic carbocycles. The third-order valence-electron chi connectivity index (χ3n) is 8.25. The number of carbonyl (C=O) groups excluding carboxylic acids is 1. The molecule has 4 aromatic rings. The van der Waals surface area contributed by atoms with Crippen molar-refractivity contribution >= 4 is 44.1 Å². The van der Waals surface area contributed by atoms with Crippen molar-refractivity contribution in [1.29, 1.82) is 5.26 Å². The van der Waals surface area contributed by atoms with Crippen LogP contribution >= 0.6 is 11.3 Å². The molecule has 0 saturated carbocycles. The SMILES string of the molecule is C=CC(=O)N1CCN(c2nc(OC[C@@H]3CCCN3C)nc3c(F)c(-c4cccc5sccc45)c(F)cc23)C[C@@H]1CC#N. The first-order valence-electron chi connectivity index (χ1n) is 13.9. The van der Waals surface area contributed by atoms with Gasteiger partial charge < -0.3 is 19.4 Å². The van der Waals surface area contributed by atoms with Crippen molar-refractivity contribution in [1.82, 2.24) is 19.8 Å². The second-order valence-electron chi connectivity index (χ2n) is 10.7. The molecule has 4 heterocycles. The maximum absolute atomic E-state index is 16.5. The Kier molecular flexibility index (Phi) is 7.75. The lowest BCUT2D eigenvalue weighted by Crippen LogP contribution is -2.55. The summed E-state index contributed by atoms with van der Waals surface area (Å²) >= 11 is 1.50. The molecule has 0 radical (unpaired) electrons. The number of benzene rings is 2. The number of ether oxygens (including phenoxy) is 1. The topological polar surface area (TPSA) is 85.6 Å². The highest BCUT2D eigenvalue weighted by Crippen LogP contribution is 2.39. The van der Waals surface area contributed by atoms with Gasteiger partial charge in [0.15, 0.2) is 5.82 Å². The number of anilines is 1. The number of likely N-dealkylation sites (N-methyl/N-ethyl adjacent to an activating group) is 1. The summed E-state index contributed by atoms with van der Waals surface area (Å²) in [6.07, 6.45) is 3.36. The number of amides is 1. The number of hydrogen-bond donors (Lipinski definition) is 0. The van der Waals surface area contributed by atoms with Gasteiger partial charge in [-0.15, -0.1) is 11.3 Å². The molecule has 2 aromatic heterocycles. The van der Waals surface area contributed by atoms with Crippen LogP contribution in [0.1, 0.15) is 19.3 Å². The highest BCUT2D eigenvalue weighted by atomic mass is 32.1. The minimum atomic E-state index is -0.788. The lowest BCUT2D eigenvalue weighted by molar-refractivity contribution is -0.128. The Balaban J connectivity index is 1.47. The summed E-state index contributed by atoms with van der Waals surface area (Å²) < 4.78 is 39.4. The molecule has 216 valence electrons. The van der Waals surface area contributed by atoms with E-state index in [4.69, 9.17) is 4.74 Å². The van der Waals surface area contributed by atoms with Crippen molar-refractivity contribution in [2.75, 3.05) is 44.7 Å². The van der Waals surface area contributed by atoms with Crippen LogP contribution in [0, 0.1) is 23.0 Å². The van der Waals surface area contributed by atoms with Crippen LogP contribution in [-0.4, -0.2) is 77.6 Å². The number of hydrogen-bond acceptors (Lipinski definition) is 8. The molecule has 2 aliphatic rings. The van der Waals surface area contributed by atoms with Gasteiger partial charge in [0, 0.05) is 41.1 Å². The molecular formula is C31H30F2N6O2S. The molecule has 0 bridgehead atoms. The first-order valence-corrected chi connectivity index (χ1v) is 14.8. The van der Waals surface area contributed by atoms with Crippen LogP contribution in [0.3, 0.4) is 0 Å². The Hall–Kier alpha value is -4.14. The first kappa shape index (κ1) is 28.0. The molecule has 8 nitrogen and oxygen atoms in total. The van der Waals surface area contributed by atoms with E-state index in [0.717, 1.165) is 29.5 Å². The zero-order chi connectivity index (χ0) is 29.4. The standard InChI is InChI=1S/C31H30F2N6O2S/c1-3-26(40)39-14-13-38(17-19(39)9-11-34)30-23-16-24(32)27(22-7-4-8-25-21(22)10-15-42-25)28(33)29(23)35-31(36-30)41-18-20-6-5-12-37(20)2/h3-4,7-8,10,15-16,19-20H,1,5-6,9,12-14,17-18H2,2H3/t19-,20-/m0/s1. The summed E-state index contributed by atoms with van der Waals surface area (Å²) in [5.74, 6) is -1.47. The minimum absolute atomic E-state index is 0.00410. The van der Waals surface area contributed by atoms with Gasteiger partial charge in [-0.05, 0) is 61.7 Å². The van der Waals surface area contributed by atoms with Crippen molar-refractivity contribution in [3.63, 3.8) is 0 Å².